The summed E-state index contributed by atoms with van der Waals surface area (Å²) in [6.07, 6.45) is 6.58. The van der Waals surface area contributed by atoms with Gasteiger partial charge >= 0.3 is 89.0 Å². The summed E-state index contributed by atoms with van der Waals surface area (Å²) in [5.74, 6) is 0. The van der Waals surface area contributed by atoms with Crippen molar-refractivity contribution in [3.05, 3.63) is 67.8 Å². The van der Waals surface area contributed by atoms with Crippen LogP contribution in [-0.4, -0.2) is 18.8 Å². The van der Waals surface area contributed by atoms with Crippen molar-refractivity contribution in [1.29, 1.82) is 0 Å². The van der Waals surface area contributed by atoms with Gasteiger partial charge in [-0.1, -0.05) is 27.7 Å². The fraction of sp³-hybridized carbons (Fsp3) is 0.368. The SMILES string of the molecule is CC.CC.C[S+](C)C.c1ccc([I-]c2ccccc2)cc1. The van der Waals surface area contributed by atoms with Crippen molar-refractivity contribution in [3.63, 3.8) is 0 Å². The van der Waals surface area contributed by atoms with Gasteiger partial charge in [0.1, 0.15) is 0 Å². The molecule has 0 aliphatic carbocycles. The maximum atomic E-state index is 2.21. The predicted molar refractivity (Wildman–Crippen MR) is 98.1 cm³/mol. The zero-order valence-electron chi connectivity index (χ0n) is 14.6. The van der Waals surface area contributed by atoms with Crippen LogP contribution in [0.15, 0.2) is 60.7 Å². The molecule has 0 radical (unpaired) electrons. The zero-order valence-corrected chi connectivity index (χ0v) is 17.5. The Morgan fingerprint density at radius 2 is 0.810 bits per heavy atom. The molecule has 21 heavy (non-hydrogen) atoms. The van der Waals surface area contributed by atoms with Crippen molar-refractivity contribution in [2.24, 2.45) is 0 Å². The van der Waals surface area contributed by atoms with Crippen molar-refractivity contribution in [3.8, 4) is 0 Å². The average Bonchev–Trinajstić information content (AvgIpc) is 2.53. The fourth-order valence-electron chi connectivity index (χ4n) is 1.08. The van der Waals surface area contributed by atoms with Gasteiger partial charge in [0.05, 0.1) is 18.8 Å². The van der Waals surface area contributed by atoms with Gasteiger partial charge in [-0.2, -0.15) is 0 Å². The van der Waals surface area contributed by atoms with Crippen LogP contribution in [0.4, 0.5) is 0 Å². The van der Waals surface area contributed by atoms with Gasteiger partial charge in [0.15, 0.2) is 0 Å². The van der Waals surface area contributed by atoms with Gasteiger partial charge in [0.25, 0.3) is 0 Å². The number of benzene rings is 2. The monoisotopic (exact) mass is 418 g/mol. The van der Waals surface area contributed by atoms with Crippen LogP contribution in [0.1, 0.15) is 27.7 Å². The van der Waals surface area contributed by atoms with Crippen molar-refractivity contribution >= 4 is 10.9 Å². The summed E-state index contributed by atoms with van der Waals surface area (Å²) in [7, 11) is 0.639. The van der Waals surface area contributed by atoms with E-state index >= 15 is 0 Å². The van der Waals surface area contributed by atoms with E-state index in [4.69, 9.17) is 0 Å². The molecule has 0 nitrogen and oxygen atoms in total. The van der Waals surface area contributed by atoms with Gasteiger partial charge in [-0.25, -0.2) is 0 Å². The van der Waals surface area contributed by atoms with Crippen molar-refractivity contribution < 1.29 is 21.2 Å². The van der Waals surface area contributed by atoms with Crippen LogP contribution < -0.4 is 21.2 Å². The van der Waals surface area contributed by atoms with Crippen LogP contribution in [0.25, 0.3) is 0 Å². The molecule has 0 atom stereocenters. The molecule has 0 aliphatic rings. The Morgan fingerprint density at radius 1 is 0.571 bits per heavy atom. The third-order valence-corrected chi connectivity index (χ3v) is 4.37. The van der Waals surface area contributed by atoms with Crippen LogP contribution in [-0.2, 0) is 10.9 Å². The molecule has 0 unspecified atom stereocenters. The van der Waals surface area contributed by atoms with Gasteiger partial charge < -0.3 is 0 Å². The first kappa shape index (κ1) is 22.8. The Hall–Kier alpha value is -0.480. The second-order valence-corrected chi connectivity index (χ2v) is 9.39. The molecular formula is C19H31IS. The van der Waals surface area contributed by atoms with Crippen molar-refractivity contribution in [1.82, 2.24) is 0 Å². The molecule has 2 rings (SSSR count). The Morgan fingerprint density at radius 3 is 1.05 bits per heavy atom. The number of rotatable bonds is 2. The Bertz CT molecular complexity index is 358. The third-order valence-electron chi connectivity index (χ3n) is 1.68. The molecule has 0 bridgehead atoms. The summed E-state index contributed by atoms with van der Waals surface area (Å²) in [6, 6.07) is 21.4. The quantitative estimate of drug-likeness (QED) is 0.519. The second-order valence-electron chi connectivity index (χ2n) is 3.91. The Labute approximate surface area is 146 Å². The molecule has 2 heteroatoms. The van der Waals surface area contributed by atoms with Crippen LogP contribution >= 0.6 is 0 Å². The minimum atomic E-state index is 0.0287. The minimum absolute atomic E-state index is 0.0287. The van der Waals surface area contributed by atoms with E-state index in [1.807, 2.05) is 27.7 Å². The predicted octanol–water partition coefficient (Wildman–Crippen LogP) is 2.36. The summed E-state index contributed by atoms with van der Waals surface area (Å²) >= 11 is 0.0287. The summed E-state index contributed by atoms with van der Waals surface area (Å²) in [5, 5.41) is 0. The molecule has 0 amide bonds. The van der Waals surface area contributed by atoms with Gasteiger partial charge in [-0.15, -0.1) is 0 Å². The zero-order chi connectivity index (χ0) is 16.5. The standard InChI is InChI=1S/C12H10I.C3H9S.2C2H6/c1-3-7-11(8-4-1)13-12-9-5-2-6-10-12;1-4(2)3;2*1-2/h1-10H;1-3H3;2*1-2H3/q-1;+1;;. The summed E-state index contributed by atoms with van der Waals surface area (Å²) in [5.41, 5.74) is 0. The van der Waals surface area contributed by atoms with Crippen LogP contribution in [0.5, 0.6) is 0 Å². The molecule has 0 aromatic heterocycles. The van der Waals surface area contributed by atoms with E-state index in [1.165, 1.54) is 7.14 Å². The molecule has 0 aliphatic heterocycles. The van der Waals surface area contributed by atoms with Gasteiger partial charge in [0, 0.05) is 0 Å². The van der Waals surface area contributed by atoms with Gasteiger partial charge in [-0.05, 0) is 10.9 Å². The van der Waals surface area contributed by atoms with E-state index in [9.17, 15) is 0 Å². The van der Waals surface area contributed by atoms with E-state index in [0.29, 0.717) is 10.9 Å². The second kappa shape index (κ2) is 17.6. The number of hydrogen-bond donors (Lipinski definition) is 0. The number of hydrogen-bond acceptors (Lipinski definition) is 0. The van der Waals surface area contributed by atoms with Gasteiger partial charge in [0.2, 0.25) is 0 Å². The van der Waals surface area contributed by atoms with E-state index < -0.39 is 0 Å². The van der Waals surface area contributed by atoms with E-state index in [0.717, 1.165) is 0 Å². The molecule has 0 heterocycles. The molecule has 0 saturated heterocycles. The first-order valence-electron chi connectivity index (χ1n) is 7.42. The normalized spacial score (nSPS) is 8.57. The van der Waals surface area contributed by atoms with E-state index in [1.54, 1.807) is 0 Å². The molecule has 0 spiro atoms. The van der Waals surface area contributed by atoms with Crippen molar-refractivity contribution in [2.75, 3.05) is 18.8 Å². The van der Waals surface area contributed by atoms with E-state index in [2.05, 4.69) is 79.4 Å². The Balaban J connectivity index is 0. The topological polar surface area (TPSA) is 0 Å². The molecule has 2 aromatic rings. The Kier molecular flexibility index (Phi) is 19.1. The van der Waals surface area contributed by atoms with E-state index in [-0.39, 0.29) is 21.2 Å². The molecule has 0 fully saturated rings. The maximum absolute atomic E-state index is 2.21. The third kappa shape index (κ3) is 15.7. The first-order valence-corrected chi connectivity index (χ1v) is 12.0. The molecular weight excluding hydrogens is 387 g/mol. The summed E-state index contributed by atoms with van der Waals surface area (Å²) < 4.78 is 2.96. The fourth-order valence-corrected chi connectivity index (χ4v) is 3.35. The summed E-state index contributed by atoms with van der Waals surface area (Å²) in [6.45, 7) is 8.00. The molecule has 120 valence electrons. The number of halogens is 1. The van der Waals surface area contributed by atoms with Crippen LogP contribution in [0, 0.1) is 7.14 Å². The summed E-state index contributed by atoms with van der Waals surface area (Å²) in [4.78, 5) is 0. The first-order chi connectivity index (χ1) is 10.2. The molecule has 0 saturated carbocycles. The van der Waals surface area contributed by atoms with Crippen LogP contribution in [0.2, 0.25) is 0 Å². The average molecular weight is 418 g/mol. The van der Waals surface area contributed by atoms with Gasteiger partial charge in [-0.3, -0.25) is 0 Å². The molecule has 0 N–H and O–H groups in total. The molecule has 2 aromatic carbocycles. The van der Waals surface area contributed by atoms with Crippen LogP contribution in [0.3, 0.4) is 0 Å². The van der Waals surface area contributed by atoms with Crippen molar-refractivity contribution in [2.45, 2.75) is 27.7 Å².